The van der Waals surface area contributed by atoms with Crippen LogP contribution in [0.15, 0.2) is 30.3 Å². The largest absolute Gasteiger partial charge is 0.370 e. The number of fused-ring (bicyclic) bond motifs is 1. The maximum Gasteiger partial charge on any atom is 0.131 e. The van der Waals surface area contributed by atoms with Crippen LogP contribution in [0.25, 0.3) is 10.9 Å². The van der Waals surface area contributed by atoms with Crippen molar-refractivity contribution in [1.82, 2.24) is 9.88 Å². The average Bonchev–Trinajstić information content (AvgIpc) is 2.52. The molecule has 0 fully saturated rings. The molecule has 114 valence electrons. The number of hydrogen-bond acceptors (Lipinski definition) is 3. The van der Waals surface area contributed by atoms with Crippen molar-refractivity contribution >= 4 is 16.7 Å². The Morgan fingerprint density at radius 3 is 2.67 bits per heavy atom. The second kappa shape index (κ2) is 7.99. The summed E-state index contributed by atoms with van der Waals surface area (Å²) in [6.07, 6.45) is 2.50. The van der Waals surface area contributed by atoms with Gasteiger partial charge in [0.05, 0.1) is 5.52 Å². The summed E-state index contributed by atoms with van der Waals surface area (Å²) in [7, 11) is 0. The van der Waals surface area contributed by atoms with Gasteiger partial charge in [0.15, 0.2) is 0 Å². The Morgan fingerprint density at radius 1 is 1.14 bits per heavy atom. The minimum absolute atomic E-state index is 0.902. The van der Waals surface area contributed by atoms with Crippen LogP contribution in [-0.4, -0.2) is 29.5 Å². The van der Waals surface area contributed by atoms with Gasteiger partial charge in [-0.15, -0.1) is 0 Å². The summed E-state index contributed by atoms with van der Waals surface area (Å²) in [5, 5.41) is 4.64. The number of anilines is 1. The SMILES string of the molecule is CCCCN(CC)Cc1cc2ccccc2nc1NCC. The van der Waals surface area contributed by atoms with Crippen LogP contribution >= 0.6 is 0 Å². The molecule has 1 aromatic heterocycles. The minimum Gasteiger partial charge on any atom is -0.370 e. The zero-order valence-corrected chi connectivity index (χ0v) is 13.5. The fourth-order valence-corrected chi connectivity index (χ4v) is 2.57. The third kappa shape index (κ3) is 4.18. The first-order chi connectivity index (χ1) is 10.3. The summed E-state index contributed by atoms with van der Waals surface area (Å²) in [6.45, 7) is 10.7. The Bertz CT molecular complexity index is 565. The molecule has 0 saturated carbocycles. The first kappa shape index (κ1) is 15.8. The first-order valence-electron chi connectivity index (χ1n) is 8.13. The second-order valence-corrected chi connectivity index (χ2v) is 5.44. The summed E-state index contributed by atoms with van der Waals surface area (Å²) in [6, 6.07) is 10.6. The number of hydrogen-bond donors (Lipinski definition) is 1. The van der Waals surface area contributed by atoms with Crippen molar-refractivity contribution in [2.24, 2.45) is 0 Å². The lowest BCUT2D eigenvalue weighted by atomic mass is 10.1. The fourth-order valence-electron chi connectivity index (χ4n) is 2.57. The van der Waals surface area contributed by atoms with Crippen molar-refractivity contribution in [3.63, 3.8) is 0 Å². The van der Waals surface area contributed by atoms with Gasteiger partial charge in [-0.1, -0.05) is 38.5 Å². The predicted octanol–water partition coefficient (Wildman–Crippen LogP) is 4.29. The predicted molar refractivity (Wildman–Crippen MR) is 91.8 cm³/mol. The van der Waals surface area contributed by atoms with Crippen molar-refractivity contribution < 1.29 is 0 Å². The van der Waals surface area contributed by atoms with Crippen LogP contribution in [0.5, 0.6) is 0 Å². The molecule has 3 nitrogen and oxygen atoms in total. The molecule has 1 N–H and O–H groups in total. The monoisotopic (exact) mass is 285 g/mol. The van der Waals surface area contributed by atoms with Crippen LogP contribution < -0.4 is 5.32 Å². The van der Waals surface area contributed by atoms with E-state index >= 15 is 0 Å². The number of rotatable bonds is 8. The van der Waals surface area contributed by atoms with Crippen LogP contribution in [0.2, 0.25) is 0 Å². The van der Waals surface area contributed by atoms with Gasteiger partial charge in [0.25, 0.3) is 0 Å². The molecule has 0 atom stereocenters. The van der Waals surface area contributed by atoms with Crippen molar-refractivity contribution in [3.05, 3.63) is 35.9 Å². The lowest BCUT2D eigenvalue weighted by Gasteiger charge is -2.22. The van der Waals surface area contributed by atoms with Gasteiger partial charge in [-0.3, -0.25) is 4.90 Å². The quantitative estimate of drug-likeness (QED) is 0.784. The van der Waals surface area contributed by atoms with Gasteiger partial charge >= 0.3 is 0 Å². The second-order valence-electron chi connectivity index (χ2n) is 5.44. The Hall–Kier alpha value is -1.61. The molecule has 0 aliphatic heterocycles. The van der Waals surface area contributed by atoms with E-state index in [0.717, 1.165) is 37.5 Å². The molecule has 1 aromatic carbocycles. The molecule has 0 amide bonds. The third-order valence-electron chi connectivity index (χ3n) is 3.82. The smallest absolute Gasteiger partial charge is 0.131 e. The highest BCUT2D eigenvalue weighted by Gasteiger charge is 2.10. The lowest BCUT2D eigenvalue weighted by molar-refractivity contribution is 0.275. The summed E-state index contributed by atoms with van der Waals surface area (Å²) in [4.78, 5) is 7.29. The van der Waals surface area contributed by atoms with Crippen molar-refractivity contribution in [3.8, 4) is 0 Å². The molecule has 0 unspecified atom stereocenters. The zero-order valence-electron chi connectivity index (χ0n) is 13.5. The topological polar surface area (TPSA) is 28.2 Å². The maximum absolute atomic E-state index is 4.79. The van der Waals surface area contributed by atoms with Gasteiger partial charge in [-0.2, -0.15) is 0 Å². The van der Waals surface area contributed by atoms with Gasteiger partial charge in [0, 0.05) is 24.0 Å². The van der Waals surface area contributed by atoms with Crippen molar-refractivity contribution in [2.45, 2.75) is 40.2 Å². The molecule has 0 saturated heterocycles. The van der Waals surface area contributed by atoms with Crippen molar-refractivity contribution in [2.75, 3.05) is 25.0 Å². The highest BCUT2D eigenvalue weighted by atomic mass is 15.1. The van der Waals surface area contributed by atoms with Gasteiger partial charge < -0.3 is 5.32 Å². The van der Waals surface area contributed by atoms with E-state index in [-0.39, 0.29) is 0 Å². The van der Waals surface area contributed by atoms with E-state index in [0.29, 0.717) is 0 Å². The summed E-state index contributed by atoms with van der Waals surface area (Å²) in [5.41, 5.74) is 2.36. The molecular weight excluding hydrogens is 258 g/mol. The Morgan fingerprint density at radius 2 is 1.95 bits per heavy atom. The van der Waals surface area contributed by atoms with E-state index in [9.17, 15) is 0 Å². The van der Waals surface area contributed by atoms with E-state index in [1.165, 1.54) is 23.8 Å². The molecule has 0 radical (unpaired) electrons. The van der Waals surface area contributed by atoms with E-state index < -0.39 is 0 Å². The van der Waals surface area contributed by atoms with Gasteiger partial charge in [0.2, 0.25) is 0 Å². The van der Waals surface area contributed by atoms with Crippen LogP contribution in [-0.2, 0) is 6.54 Å². The standard InChI is InChI=1S/C18H27N3/c1-4-7-12-21(6-3)14-16-13-15-10-8-9-11-17(15)20-18(16)19-5-2/h8-11,13H,4-7,12,14H2,1-3H3,(H,19,20). The maximum atomic E-state index is 4.79. The summed E-state index contributed by atoms with van der Waals surface area (Å²) < 4.78 is 0. The molecule has 0 bridgehead atoms. The zero-order chi connectivity index (χ0) is 15.1. The molecular formula is C18H27N3. The van der Waals surface area contributed by atoms with Gasteiger partial charge in [-0.25, -0.2) is 4.98 Å². The van der Waals surface area contributed by atoms with E-state index in [4.69, 9.17) is 4.98 Å². The number of nitrogens with one attached hydrogen (secondary N) is 1. The Balaban J connectivity index is 2.28. The molecule has 3 heteroatoms. The molecule has 0 aliphatic carbocycles. The van der Waals surface area contributed by atoms with E-state index in [1.807, 2.05) is 6.07 Å². The fraction of sp³-hybridized carbons (Fsp3) is 0.500. The Kier molecular flexibility index (Phi) is 6.00. The van der Waals surface area contributed by atoms with Gasteiger partial charge in [0.1, 0.15) is 5.82 Å². The number of nitrogens with zero attached hydrogens (tertiary/aromatic N) is 2. The van der Waals surface area contributed by atoms with E-state index in [2.05, 4.69) is 55.3 Å². The summed E-state index contributed by atoms with van der Waals surface area (Å²) in [5.74, 6) is 1.03. The normalized spacial score (nSPS) is 11.2. The molecule has 0 aliphatic rings. The lowest BCUT2D eigenvalue weighted by Crippen LogP contribution is -2.24. The molecule has 1 heterocycles. The highest BCUT2D eigenvalue weighted by molar-refractivity contribution is 5.81. The van der Waals surface area contributed by atoms with Gasteiger partial charge in [-0.05, 0) is 38.6 Å². The molecule has 2 aromatic rings. The molecule has 0 spiro atoms. The Labute approximate surface area is 128 Å². The molecule has 21 heavy (non-hydrogen) atoms. The van der Waals surface area contributed by atoms with Crippen LogP contribution in [0, 0.1) is 0 Å². The van der Waals surface area contributed by atoms with Crippen LogP contribution in [0.3, 0.4) is 0 Å². The number of aromatic nitrogens is 1. The summed E-state index contributed by atoms with van der Waals surface area (Å²) >= 11 is 0. The van der Waals surface area contributed by atoms with Crippen molar-refractivity contribution in [1.29, 1.82) is 0 Å². The highest BCUT2D eigenvalue weighted by Crippen LogP contribution is 2.22. The minimum atomic E-state index is 0.902. The number of benzene rings is 1. The average molecular weight is 285 g/mol. The number of pyridine rings is 1. The third-order valence-corrected chi connectivity index (χ3v) is 3.82. The molecule has 2 rings (SSSR count). The van der Waals surface area contributed by atoms with Crippen LogP contribution in [0.4, 0.5) is 5.82 Å². The van der Waals surface area contributed by atoms with Crippen LogP contribution in [0.1, 0.15) is 39.2 Å². The number of unbranched alkanes of at least 4 members (excludes halogenated alkanes) is 1. The van der Waals surface area contributed by atoms with E-state index in [1.54, 1.807) is 0 Å². The number of para-hydroxylation sites is 1. The first-order valence-corrected chi connectivity index (χ1v) is 8.13.